The Labute approximate surface area is 103 Å². The van der Waals surface area contributed by atoms with Crippen LogP contribution in [-0.4, -0.2) is 5.16 Å². The fraction of sp³-hybridized carbons (Fsp3) is 0.533. The normalized spacial score (nSPS) is 12.6. The summed E-state index contributed by atoms with van der Waals surface area (Å²) in [6.07, 6.45) is 2.92. The van der Waals surface area contributed by atoms with Gasteiger partial charge in [-0.05, 0) is 23.3 Å². The Balaban J connectivity index is 2.59. The van der Waals surface area contributed by atoms with Crippen molar-refractivity contribution in [1.82, 2.24) is 5.16 Å². The number of fused-ring (bicyclic) bond motifs is 1. The van der Waals surface area contributed by atoms with Crippen molar-refractivity contribution >= 4 is 11.0 Å². The first-order chi connectivity index (χ1) is 7.89. The summed E-state index contributed by atoms with van der Waals surface area (Å²) < 4.78 is 5.45. The minimum absolute atomic E-state index is 0.0914. The lowest BCUT2D eigenvalue weighted by Gasteiger charge is -2.19. The Morgan fingerprint density at radius 2 is 1.94 bits per heavy atom. The summed E-state index contributed by atoms with van der Waals surface area (Å²) in [4.78, 5) is 0. The largest absolute Gasteiger partial charge is 0.356 e. The lowest BCUT2D eigenvalue weighted by atomic mass is 9.84. The zero-order valence-corrected chi connectivity index (χ0v) is 11.4. The van der Waals surface area contributed by atoms with Gasteiger partial charge in [0.15, 0.2) is 5.58 Å². The van der Waals surface area contributed by atoms with E-state index >= 15 is 0 Å². The van der Waals surface area contributed by atoms with Crippen LogP contribution < -0.4 is 0 Å². The van der Waals surface area contributed by atoms with Crippen molar-refractivity contribution in [2.75, 3.05) is 0 Å². The summed E-state index contributed by atoms with van der Waals surface area (Å²) in [6, 6.07) is 4.41. The van der Waals surface area contributed by atoms with E-state index in [1.165, 1.54) is 16.5 Å². The first kappa shape index (κ1) is 12.2. The zero-order chi connectivity index (χ0) is 12.6. The van der Waals surface area contributed by atoms with Crippen LogP contribution in [0.3, 0.4) is 0 Å². The molecular weight excluding hydrogens is 210 g/mol. The van der Waals surface area contributed by atoms with Crippen molar-refractivity contribution in [2.45, 2.75) is 46.5 Å². The molecule has 1 heterocycles. The van der Waals surface area contributed by atoms with E-state index in [9.17, 15) is 0 Å². The molecule has 0 saturated carbocycles. The van der Waals surface area contributed by atoms with Crippen molar-refractivity contribution in [1.29, 1.82) is 0 Å². The predicted octanol–water partition coefficient (Wildman–Crippen LogP) is 4.32. The van der Waals surface area contributed by atoms with Gasteiger partial charge in [0.25, 0.3) is 0 Å². The van der Waals surface area contributed by atoms with Gasteiger partial charge in [-0.25, -0.2) is 0 Å². The second-order valence-electron chi connectivity index (χ2n) is 6.19. The van der Waals surface area contributed by atoms with Crippen LogP contribution in [0.4, 0.5) is 0 Å². The van der Waals surface area contributed by atoms with Crippen LogP contribution in [0.25, 0.3) is 11.0 Å². The Kier molecular flexibility index (Phi) is 2.98. The smallest absolute Gasteiger partial charge is 0.170 e. The fourth-order valence-electron chi connectivity index (χ4n) is 2.22. The number of aromatic nitrogens is 1. The van der Waals surface area contributed by atoms with E-state index in [1.807, 2.05) is 6.20 Å². The van der Waals surface area contributed by atoms with Gasteiger partial charge in [0.05, 0.1) is 6.20 Å². The number of benzene rings is 1. The SMILES string of the molecule is CC(C)Cc1ccc(C(C)(C)C)c2oncc12. The molecule has 2 heteroatoms. The summed E-state index contributed by atoms with van der Waals surface area (Å²) in [5, 5.41) is 5.14. The molecule has 0 atom stereocenters. The Bertz CT molecular complexity index is 517. The quantitative estimate of drug-likeness (QED) is 0.769. The third-order valence-corrected chi connectivity index (χ3v) is 3.05. The van der Waals surface area contributed by atoms with Crippen molar-refractivity contribution in [3.63, 3.8) is 0 Å². The lowest BCUT2D eigenvalue weighted by Crippen LogP contribution is -2.11. The van der Waals surface area contributed by atoms with Gasteiger partial charge in [0, 0.05) is 10.9 Å². The molecule has 0 fully saturated rings. The Hall–Kier alpha value is -1.31. The maximum atomic E-state index is 5.45. The highest BCUT2D eigenvalue weighted by Crippen LogP contribution is 2.32. The molecule has 0 spiro atoms. The third-order valence-electron chi connectivity index (χ3n) is 3.05. The zero-order valence-electron chi connectivity index (χ0n) is 11.4. The van der Waals surface area contributed by atoms with E-state index in [0.29, 0.717) is 5.92 Å². The topological polar surface area (TPSA) is 26.0 Å². The first-order valence-corrected chi connectivity index (χ1v) is 6.26. The van der Waals surface area contributed by atoms with Gasteiger partial charge in [-0.15, -0.1) is 0 Å². The average Bonchev–Trinajstić information content (AvgIpc) is 2.63. The molecule has 0 N–H and O–H groups in total. The number of nitrogens with zero attached hydrogens (tertiary/aromatic N) is 1. The van der Waals surface area contributed by atoms with Crippen LogP contribution in [0.2, 0.25) is 0 Å². The van der Waals surface area contributed by atoms with Crippen LogP contribution in [0, 0.1) is 5.92 Å². The molecule has 1 aromatic carbocycles. The Morgan fingerprint density at radius 1 is 1.24 bits per heavy atom. The molecule has 0 aliphatic carbocycles. The highest BCUT2D eigenvalue weighted by Gasteiger charge is 2.21. The van der Waals surface area contributed by atoms with Crippen LogP contribution in [0.15, 0.2) is 22.9 Å². The molecule has 0 aliphatic rings. The highest BCUT2D eigenvalue weighted by molar-refractivity contribution is 5.83. The number of hydrogen-bond donors (Lipinski definition) is 0. The van der Waals surface area contributed by atoms with Crippen LogP contribution in [0.5, 0.6) is 0 Å². The van der Waals surface area contributed by atoms with E-state index in [0.717, 1.165) is 12.0 Å². The molecule has 0 radical (unpaired) electrons. The van der Waals surface area contributed by atoms with Crippen molar-refractivity contribution in [3.8, 4) is 0 Å². The molecule has 0 unspecified atom stereocenters. The van der Waals surface area contributed by atoms with E-state index in [-0.39, 0.29) is 5.41 Å². The maximum Gasteiger partial charge on any atom is 0.170 e. The second kappa shape index (κ2) is 4.17. The number of hydrogen-bond acceptors (Lipinski definition) is 2. The number of rotatable bonds is 2. The molecule has 2 nitrogen and oxygen atoms in total. The standard InChI is InChI=1S/C15H21NO/c1-10(2)8-11-6-7-13(15(3,4)5)14-12(11)9-16-17-14/h6-7,9-10H,8H2,1-5H3. The average molecular weight is 231 g/mol. The molecule has 2 aromatic rings. The first-order valence-electron chi connectivity index (χ1n) is 6.26. The third kappa shape index (κ3) is 2.36. The summed E-state index contributed by atoms with van der Waals surface area (Å²) in [5.41, 5.74) is 3.62. The van der Waals surface area contributed by atoms with Crippen LogP contribution in [-0.2, 0) is 11.8 Å². The molecule has 1 aromatic heterocycles. The van der Waals surface area contributed by atoms with E-state index in [2.05, 4.69) is 51.9 Å². The molecule has 0 aliphatic heterocycles. The molecule has 92 valence electrons. The molecule has 2 rings (SSSR count). The van der Waals surface area contributed by atoms with Gasteiger partial charge in [-0.2, -0.15) is 0 Å². The van der Waals surface area contributed by atoms with Gasteiger partial charge in [0.1, 0.15) is 0 Å². The minimum atomic E-state index is 0.0914. The fourth-order valence-corrected chi connectivity index (χ4v) is 2.22. The van der Waals surface area contributed by atoms with Gasteiger partial charge >= 0.3 is 0 Å². The van der Waals surface area contributed by atoms with Gasteiger partial charge in [-0.1, -0.05) is 51.9 Å². The van der Waals surface area contributed by atoms with Gasteiger partial charge in [-0.3, -0.25) is 0 Å². The van der Waals surface area contributed by atoms with Gasteiger partial charge < -0.3 is 4.52 Å². The molecule has 0 amide bonds. The van der Waals surface area contributed by atoms with E-state index in [4.69, 9.17) is 4.52 Å². The van der Waals surface area contributed by atoms with Crippen molar-refractivity contribution < 1.29 is 4.52 Å². The molecule has 0 saturated heterocycles. The van der Waals surface area contributed by atoms with Crippen LogP contribution >= 0.6 is 0 Å². The summed E-state index contributed by atoms with van der Waals surface area (Å²) in [7, 11) is 0. The highest BCUT2D eigenvalue weighted by atomic mass is 16.5. The molecule has 0 bridgehead atoms. The monoisotopic (exact) mass is 231 g/mol. The van der Waals surface area contributed by atoms with E-state index in [1.54, 1.807) is 0 Å². The summed E-state index contributed by atoms with van der Waals surface area (Å²) >= 11 is 0. The van der Waals surface area contributed by atoms with Crippen molar-refractivity contribution in [3.05, 3.63) is 29.5 Å². The lowest BCUT2D eigenvalue weighted by molar-refractivity contribution is 0.446. The summed E-state index contributed by atoms with van der Waals surface area (Å²) in [6.45, 7) is 11.1. The second-order valence-corrected chi connectivity index (χ2v) is 6.19. The van der Waals surface area contributed by atoms with Gasteiger partial charge in [0.2, 0.25) is 0 Å². The predicted molar refractivity (Wildman–Crippen MR) is 71.3 cm³/mol. The van der Waals surface area contributed by atoms with Crippen LogP contribution in [0.1, 0.15) is 45.7 Å². The molecular formula is C15H21NO. The minimum Gasteiger partial charge on any atom is -0.356 e. The Morgan fingerprint density at radius 3 is 2.53 bits per heavy atom. The maximum absolute atomic E-state index is 5.45. The molecule has 17 heavy (non-hydrogen) atoms. The van der Waals surface area contributed by atoms with E-state index < -0.39 is 0 Å². The van der Waals surface area contributed by atoms with Crippen molar-refractivity contribution in [2.24, 2.45) is 5.92 Å². The summed E-state index contributed by atoms with van der Waals surface area (Å²) in [5.74, 6) is 0.647.